The minimum Gasteiger partial charge on any atom is -0.505 e. The summed E-state index contributed by atoms with van der Waals surface area (Å²) in [5, 5.41) is 12.8. The van der Waals surface area contributed by atoms with Crippen molar-refractivity contribution in [3.05, 3.63) is 30.0 Å². The Bertz CT molecular complexity index is 861. The summed E-state index contributed by atoms with van der Waals surface area (Å²) >= 11 is 0. The summed E-state index contributed by atoms with van der Waals surface area (Å²) in [6.07, 6.45) is 1.67. The van der Waals surface area contributed by atoms with Crippen molar-refractivity contribution in [1.82, 2.24) is 10.3 Å². The maximum atomic E-state index is 12.7. The van der Waals surface area contributed by atoms with E-state index < -0.39 is 17.9 Å². The van der Waals surface area contributed by atoms with E-state index in [9.17, 15) is 19.5 Å². The highest BCUT2D eigenvalue weighted by Gasteiger charge is 2.42. The molecule has 110 valence electrons. The predicted octanol–water partition coefficient (Wildman–Crippen LogP) is 0.706. The Morgan fingerprint density at radius 3 is 2.86 bits per heavy atom. The summed E-state index contributed by atoms with van der Waals surface area (Å²) in [5.74, 6) is -1.49. The second-order valence-corrected chi connectivity index (χ2v) is 5.33. The predicted molar refractivity (Wildman–Crippen MR) is 76.4 cm³/mol. The first-order valence-corrected chi connectivity index (χ1v) is 6.86. The Hall–Kier alpha value is -2.96. The molecule has 1 fully saturated rings. The third-order valence-corrected chi connectivity index (χ3v) is 4.07. The van der Waals surface area contributed by atoms with Crippen molar-refractivity contribution >= 4 is 34.3 Å². The SMILES string of the molecule is O=C1CCC(N2C(=O)c3c(O)cnc4cccc2c34)C(=O)N1. The summed E-state index contributed by atoms with van der Waals surface area (Å²) in [6.45, 7) is 0. The first kappa shape index (κ1) is 12.8. The minimum atomic E-state index is -0.761. The molecule has 1 aromatic carbocycles. The number of aromatic nitrogens is 1. The van der Waals surface area contributed by atoms with Crippen LogP contribution in [-0.4, -0.2) is 33.9 Å². The van der Waals surface area contributed by atoms with E-state index in [1.165, 1.54) is 11.1 Å². The topological polar surface area (TPSA) is 99.6 Å². The quantitative estimate of drug-likeness (QED) is 0.755. The molecule has 1 atom stereocenters. The lowest BCUT2D eigenvalue weighted by Crippen LogP contribution is -2.53. The number of pyridine rings is 1. The number of hydrogen-bond donors (Lipinski definition) is 2. The molecule has 0 spiro atoms. The number of hydrogen-bond acceptors (Lipinski definition) is 5. The van der Waals surface area contributed by atoms with E-state index in [0.29, 0.717) is 16.6 Å². The second kappa shape index (κ2) is 4.27. The smallest absolute Gasteiger partial charge is 0.263 e. The van der Waals surface area contributed by atoms with Crippen molar-refractivity contribution in [2.24, 2.45) is 0 Å². The Morgan fingerprint density at radius 1 is 1.27 bits per heavy atom. The fourth-order valence-electron chi connectivity index (χ4n) is 3.10. The Balaban J connectivity index is 1.89. The number of rotatable bonds is 1. The van der Waals surface area contributed by atoms with E-state index >= 15 is 0 Å². The van der Waals surface area contributed by atoms with E-state index in [4.69, 9.17) is 0 Å². The normalized spacial score (nSPS) is 20.6. The van der Waals surface area contributed by atoms with Crippen LogP contribution < -0.4 is 10.2 Å². The zero-order chi connectivity index (χ0) is 15.4. The van der Waals surface area contributed by atoms with Gasteiger partial charge in [0.25, 0.3) is 5.91 Å². The van der Waals surface area contributed by atoms with Crippen molar-refractivity contribution in [2.75, 3.05) is 4.90 Å². The standard InChI is InChI=1S/C15H11N3O4/c19-10-6-16-7-2-1-3-8-12(7)13(10)15(22)18(8)9-4-5-11(20)17-14(9)21/h1-3,6,9,19H,4-5H2,(H,17,20,21). The van der Waals surface area contributed by atoms with Gasteiger partial charge in [-0.2, -0.15) is 0 Å². The van der Waals surface area contributed by atoms with Gasteiger partial charge in [-0.05, 0) is 18.6 Å². The molecular weight excluding hydrogens is 286 g/mol. The number of benzene rings is 1. The molecule has 22 heavy (non-hydrogen) atoms. The van der Waals surface area contributed by atoms with Gasteiger partial charge in [-0.25, -0.2) is 0 Å². The third kappa shape index (κ3) is 1.56. The molecule has 0 aliphatic carbocycles. The molecule has 2 N–H and O–H groups in total. The fourth-order valence-corrected chi connectivity index (χ4v) is 3.10. The molecule has 1 unspecified atom stereocenters. The van der Waals surface area contributed by atoms with Crippen LogP contribution in [0.5, 0.6) is 5.75 Å². The molecule has 7 heteroatoms. The van der Waals surface area contributed by atoms with Crippen LogP contribution >= 0.6 is 0 Å². The Kier molecular flexibility index (Phi) is 2.47. The summed E-state index contributed by atoms with van der Waals surface area (Å²) in [5.41, 5.74) is 1.27. The van der Waals surface area contributed by atoms with Crippen molar-refractivity contribution in [3.63, 3.8) is 0 Å². The lowest BCUT2D eigenvalue weighted by atomic mass is 10.0. The Labute approximate surface area is 124 Å². The van der Waals surface area contributed by atoms with Crippen molar-refractivity contribution < 1.29 is 19.5 Å². The van der Waals surface area contributed by atoms with E-state index in [1.54, 1.807) is 18.2 Å². The third-order valence-electron chi connectivity index (χ3n) is 4.07. The maximum Gasteiger partial charge on any atom is 0.263 e. The molecule has 3 amide bonds. The van der Waals surface area contributed by atoms with E-state index in [1.807, 2.05) is 0 Å². The summed E-state index contributed by atoms with van der Waals surface area (Å²) in [4.78, 5) is 41.5. The van der Waals surface area contributed by atoms with Crippen molar-refractivity contribution in [3.8, 4) is 5.75 Å². The largest absolute Gasteiger partial charge is 0.505 e. The van der Waals surface area contributed by atoms with Gasteiger partial charge >= 0.3 is 0 Å². The molecule has 2 aliphatic rings. The molecule has 0 radical (unpaired) electrons. The van der Waals surface area contributed by atoms with Gasteiger partial charge in [-0.15, -0.1) is 0 Å². The van der Waals surface area contributed by atoms with Crippen LogP contribution in [0.1, 0.15) is 23.2 Å². The number of aromatic hydroxyl groups is 1. The second-order valence-electron chi connectivity index (χ2n) is 5.33. The number of nitrogens with one attached hydrogen (secondary N) is 1. The molecule has 0 saturated carbocycles. The monoisotopic (exact) mass is 297 g/mol. The van der Waals surface area contributed by atoms with Gasteiger partial charge in [0.05, 0.1) is 23.0 Å². The number of amides is 3. The number of anilines is 1. The van der Waals surface area contributed by atoms with Gasteiger partial charge in [0.2, 0.25) is 11.8 Å². The molecular formula is C15H11N3O4. The van der Waals surface area contributed by atoms with Gasteiger partial charge in [0, 0.05) is 11.8 Å². The highest BCUT2D eigenvalue weighted by atomic mass is 16.3. The van der Waals surface area contributed by atoms with Crippen LogP contribution in [0, 0.1) is 0 Å². The zero-order valence-corrected chi connectivity index (χ0v) is 11.4. The fraction of sp³-hybridized carbons (Fsp3) is 0.200. The first-order valence-electron chi connectivity index (χ1n) is 6.86. The van der Waals surface area contributed by atoms with E-state index in [2.05, 4.69) is 10.3 Å². The highest BCUT2D eigenvalue weighted by Crippen LogP contribution is 2.42. The van der Waals surface area contributed by atoms with Gasteiger partial charge in [0.15, 0.2) is 0 Å². The van der Waals surface area contributed by atoms with Crippen molar-refractivity contribution in [1.29, 1.82) is 0 Å². The highest BCUT2D eigenvalue weighted by molar-refractivity contribution is 6.27. The van der Waals surface area contributed by atoms with E-state index in [-0.39, 0.29) is 30.1 Å². The van der Waals surface area contributed by atoms with Gasteiger partial charge in [-0.1, -0.05) is 6.07 Å². The zero-order valence-electron chi connectivity index (χ0n) is 11.4. The lowest BCUT2D eigenvalue weighted by molar-refractivity contribution is -0.134. The van der Waals surface area contributed by atoms with E-state index in [0.717, 1.165) is 0 Å². The first-order chi connectivity index (χ1) is 10.6. The molecule has 2 aliphatic heterocycles. The van der Waals surface area contributed by atoms with Crippen LogP contribution in [0.15, 0.2) is 24.4 Å². The summed E-state index contributed by atoms with van der Waals surface area (Å²) in [7, 11) is 0. The Morgan fingerprint density at radius 2 is 2.09 bits per heavy atom. The lowest BCUT2D eigenvalue weighted by Gasteiger charge is -2.30. The average molecular weight is 297 g/mol. The summed E-state index contributed by atoms with van der Waals surface area (Å²) in [6, 6.07) is 4.43. The summed E-state index contributed by atoms with van der Waals surface area (Å²) < 4.78 is 0. The van der Waals surface area contributed by atoms with Crippen LogP contribution in [0.2, 0.25) is 0 Å². The molecule has 4 rings (SSSR count). The molecule has 7 nitrogen and oxygen atoms in total. The number of carbonyl (C=O) groups excluding carboxylic acids is 3. The van der Waals surface area contributed by atoms with Gasteiger partial charge < -0.3 is 5.11 Å². The average Bonchev–Trinajstić information content (AvgIpc) is 2.78. The van der Waals surface area contributed by atoms with Gasteiger partial charge in [-0.3, -0.25) is 29.6 Å². The number of piperidine rings is 1. The molecule has 1 saturated heterocycles. The van der Waals surface area contributed by atoms with Crippen LogP contribution in [0.4, 0.5) is 5.69 Å². The number of imide groups is 1. The van der Waals surface area contributed by atoms with Crippen LogP contribution in [0.25, 0.3) is 10.9 Å². The van der Waals surface area contributed by atoms with Crippen LogP contribution in [-0.2, 0) is 9.59 Å². The maximum absolute atomic E-state index is 12.7. The molecule has 3 heterocycles. The molecule has 0 bridgehead atoms. The molecule has 1 aromatic heterocycles. The number of carbonyl (C=O) groups is 3. The minimum absolute atomic E-state index is 0.158. The number of nitrogens with zero attached hydrogens (tertiary/aromatic N) is 2. The van der Waals surface area contributed by atoms with Gasteiger partial charge in [0.1, 0.15) is 11.8 Å². The molecule has 2 aromatic rings. The van der Waals surface area contributed by atoms with Crippen LogP contribution in [0.3, 0.4) is 0 Å². The van der Waals surface area contributed by atoms with Crippen molar-refractivity contribution in [2.45, 2.75) is 18.9 Å².